The Hall–Kier alpha value is -0.680. The summed E-state index contributed by atoms with van der Waals surface area (Å²) in [6.45, 7) is 5.10. The molecule has 0 saturated carbocycles. The molecule has 0 amide bonds. The molecule has 1 aliphatic rings. The molecule has 0 aromatic carbocycles. The number of aryl methyl sites for hydroxylation is 1. The van der Waals surface area contributed by atoms with E-state index in [1.807, 2.05) is 18.7 Å². The van der Waals surface area contributed by atoms with Crippen molar-refractivity contribution in [3.63, 3.8) is 0 Å². The topological polar surface area (TPSA) is 49.2 Å². The van der Waals surface area contributed by atoms with Crippen LogP contribution in [0.2, 0.25) is 0 Å². The average molecular weight is 185 g/mol. The molecule has 2 heterocycles. The van der Waals surface area contributed by atoms with Crippen molar-refractivity contribution >= 4 is 16.5 Å². The van der Waals surface area contributed by atoms with E-state index >= 15 is 0 Å². The fraction of sp³-hybridized carbons (Fsp3) is 0.714. The third-order valence-corrected chi connectivity index (χ3v) is 2.75. The van der Waals surface area contributed by atoms with Crippen LogP contribution in [0.3, 0.4) is 0 Å². The van der Waals surface area contributed by atoms with Gasteiger partial charge in [-0.3, -0.25) is 0 Å². The first-order valence-corrected chi connectivity index (χ1v) is 4.66. The fourth-order valence-electron chi connectivity index (χ4n) is 1.33. The second kappa shape index (κ2) is 2.40. The second-order valence-corrected chi connectivity index (χ2v) is 4.62. The van der Waals surface area contributed by atoms with E-state index in [1.54, 1.807) is 11.3 Å². The van der Waals surface area contributed by atoms with Gasteiger partial charge in [-0.05, 0) is 13.8 Å². The number of aromatic nitrogens is 2. The summed E-state index contributed by atoms with van der Waals surface area (Å²) in [5, 5.41) is 19.3. The molecule has 66 valence electrons. The zero-order valence-corrected chi connectivity index (χ0v) is 7.93. The number of anilines is 1. The van der Waals surface area contributed by atoms with Crippen LogP contribution in [0, 0.1) is 6.92 Å². The smallest absolute Gasteiger partial charge is 0.208 e. The Kier molecular flexibility index (Phi) is 1.59. The predicted octanol–water partition coefficient (Wildman–Crippen LogP) is 0.418. The fourth-order valence-corrected chi connectivity index (χ4v) is 2.01. The van der Waals surface area contributed by atoms with Crippen molar-refractivity contribution in [2.75, 3.05) is 18.0 Å². The van der Waals surface area contributed by atoms with Crippen LogP contribution < -0.4 is 4.90 Å². The Bertz CT molecular complexity index is 289. The van der Waals surface area contributed by atoms with Crippen molar-refractivity contribution in [3.8, 4) is 0 Å². The highest BCUT2D eigenvalue weighted by atomic mass is 32.1. The molecular formula is C7H11N3OS. The molecule has 1 N–H and O–H groups in total. The summed E-state index contributed by atoms with van der Waals surface area (Å²) in [6, 6.07) is 0. The first-order valence-electron chi connectivity index (χ1n) is 3.84. The first-order chi connectivity index (χ1) is 5.57. The number of rotatable bonds is 1. The molecule has 0 bridgehead atoms. The minimum absolute atomic E-state index is 0.528. The monoisotopic (exact) mass is 185 g/mol. The highest BCUT2D eigenvalue weighted by Gasteiger charge is 2.38. The van der Waals surface area contributed by atoms with Crippen LogP contribution in [-0.4, -0.2) is 34.0 Å². The van der Waals surface area contributed by atoms with Crippen LogP contribution in [0.15, 0.2) is 0 Å². The van der Waals surface area contributed by atoms with Crippen LogP contribution in [0.25, 0.3) is 0 Å². The Morgan fingerprint density at radius 1 is 1.50 bits per heavy atom. The summed E-state index contributed by atoms with van der Waals surface area (Å²) in [5.41, 5.74) is -0.528. The lowest BCUT2D eigenvalue weighted by Crippen LogP contribution is -2.60. The number of nitrogens with zero attached hydrogens (tertiary/aromatic N) is 3. The molecule has 12 heavy (non-hydrogen) atoms. The van der Waals surface area contributed by atoms with Gasteiger partial charge in [-0.25, -0.2) is 0 Å². The van der Waals surface area contributed by atoms with Gasteiger partial charge in [0.05, 0.1) is 18.7 Å². The van der Waals surface area contributed by atoms with Gasteiger partial charge in [0.2, 0.25) is 5.13 Å². The molecule has 1 aliphatic heterocycles. The highest BCUT2D eigenvalue weighted by molar-refractivity contribution is 7.15. The van der Waals surface area contributed by atoms with E-state index in [0.29, 0.717) is 13.1 Å². The Morgan fingerprint density at radius 2 is 2.17 bits per heavy atom. The van der Waals surface area contributed by atoms with Gasteiger partial charge in [0, 0.05) is 0 Å². The standard InChI is InChI=1S/C7H11N3OS/c1-5-8-9-6(12-5)10-3-7(2,11)4-10/h11H,3-4H2,1-2H3. The summed E-state index contributed by atoms with van der Waals surface area (Å²) >= 11 is 1.56. The van der Waals surface area contributed by atoms with Crippen molar-refractivity contribution in [1.82, 2.24) is 10.2 Å². The lowest BCUT2D eigenvalue weighted by Gasteiger charge is -2.43. The third-order valence-electron chi connectivity index (χ3n) is 1.85. The minimum atomic E-state index is -0.528. The van der Waals surface area contributed by atoms with E-state index in [2.05, 4.69) is 10.2 Å². The maximum absolute atomic E-state index is 9.47. The molecule has 0 spiro atoms. The number of hydrogen-bond acceptors (Lipinski definition) is 5. The Morgan fingerprint density at radius 3 is 2.58 bits per heavy atom. The lowest BCUT2D eigenvalue weighted by molar-refractivity contribution is 0.0309. The number of hydrogen-bond donors (Lipinski definition) is 1. The van der Waals surface area contributed by atoms with E-state index in [1.165, 1.54) is 0 Å². The second-order valence-electron chi connectivity index (χ2n) is 3.46. The summed E-state index contributed by atoms with van der Waals surface area (Å²) < 4.78 is 0. The van der Waals surface area contributed by atoms with Crippen LogP contribution >= 0.6 is 11.3 Å². The largest absolute Gasteiger partial charge is 0.386 e. The van der Waals surface area contributed by atoms with Crippen molar-refractivity contribution in [2.24, 2.45) is 0 Å². The zero-order chi connectivity index (χ0) is 8.77. The molecule has 1 saturated heterocycles. The first kappa shape index (κ1) is 7.94. The molecule has 0 unspecified atom stereocenters. The lowest BCUT2D eigenvalue weighted by atomic mass is 9.98. The van der Waals surface area contributed by atoms with Crippen molar-refractivity contribution < 1.29 is 5.11 Å². The van der Waals surface area contributed by atoms with Gasteiger partial charge in [0.15, 0.2) is 0 Å². The molecule has 0 atom stereocenters. The molecule has 0 aliphatic carbocycles. The van der Waals surface area contributed by atoms with Crippen molar-refractivity contribution in [3.05, 3.63) is 5.01 Å². The van der Waals surface area contributed by atoms with Crippen LogP contribution in [0.5, 0.6) is 0 Å². The molecule has 1 aromatic heterocycles. The molecule has 0 radical (unpaired) electrons. The van der Waals surface area contributed by atoms with Gasteiger partial charge in [-0.15, -0.1) is 10.2 Å². The van der Waals surface area contributed by atoms with Gasteiger partial charge in [0.25, 0.3) is 0 Å². The molecule has 1 fully saturated rings. The average Bonchev–Trinajstić information content (AvgIpc) is 2.30. The number of aliphatic hydroxyl groups is 1. The van der Waals surface area contributed by atoms with E-state index < -0.39 is 5.60 Å². The van der Waals surface area contributed by atoms with E-state index in [9.17, 15) is 5.11 Å². The summed E-state index contributed by atoms with van der Waals surface area (Å²) in [4.78, 5) is 2.03. The molecule has 4 nitrogen and oxygen atoms in total. The van der Waals surface area contributed by atoms with Gasteiger partial charge >= 0.3 is 0 Å². The van der Waals surface area contributed by atoms with Crippen LogP contribution in [0.4, 0.5) is 5.13 Å². The Labute approximate surface area is 74.9 Å². The minimum Gasteiger partial charge on any atom is -0.386 e. The van der Waals surface area contributed by atoms with Gasteiger partial charge in [0.1, 0.15) is 5.01 Å². The highest BCUT2D eigenvalue weighted by Crippen LogP contribution is 2.29. The molecular weight excluding hydrogens is 174 g/mol. The van der Waals surface area contributed by atoms with Gasteiger partial charge < -0.3 is 10.0 Å². The van der Waals surface area contributed by atoms with E-state index in [-0.39, 0.29) is 0 Å². The van der Waals surface area contributed by atoms with Crippen molar-refractivity contribution in [2.45, 2.75) is 19.4 Å². The maximum Gasteiger partial charge on any atom is 0.208 e. The Balaban J connectivity index is 2.06. The summed E-state index contributed by atoms with van der Waals surface area (Å²) in [5.74, 6) is 0. The molecule has 5 heteroatoms. The molecule has 1 aromatic rings. The van der Waals surface area contributed by atoms with Crippen LogP contribution in [0.1, 0.15) is 11.9 Å². The maximum atomic E-state index is 9.47. The third kappa shape index (κ3) is 1.30. The van der Waals surface area contributed by atoms with E-state index in [4.69, 9.17) is 0 Å². The molecule has 2 rings (SSSR count). The number of β-amino-alcohol motifs (C(OH)–C–C–N with tert-alkyl or cyclic N) is 1. The predicted molar refractivity (Wildman–Crippen MR) is 47.5 cm³/mol. The zero-order valence-electron chi connectivity index (χ0n) is 7.11. The quantitative estimate of drug-likeness (QED) is 0.688. The van der Waals surface area contributed by atoms with Crippen LogP contribution in [-0.2, 0) is 0 Å². The summed E-state index contributed by atoms with van der Waals surface area (Å²) in [6.07, 6.45) is 0. The normalized spacial score (nSPS) is 20.8. The summed E-state index contributed by atoms with van der Waals surface area (Å²) in [7, 11) is 0. The van der Waals surface area contributed by atoms with E-state index in [0.717, 1.165) is 10.1 Å². The SMILES string of the molecule is Cc1nnc(N2CC(C)(O)C2)s1. The van der Waals surface area contributed by atoms with Gasteiger partial charge in [-0.2, -0.15) is 0 Å². The van der Waals surface area contributed by atoms with Gasteiger partial charge in [-0.1, -0.05) is 11.3 Å². The van der Waals surface area contributed by atoms with Crippen molar-refractivity contribution in [1.29, 1.82) is 0 Å².